The second-order valence-electron chi connectivity index (χ2n) is 6.77. The van der Waals surface area contributed by atoms with Crippen molar-refractivity contribution in [2.75, 3.05) is 26.2 Å². The third-order valence-electron chi connectivity index (χ3n) is 5.05. The molecule has 3 rings (SSSR count). The van der Waals surface area contributed by atoms with Crippen molar-refractivity contribution in [3.8, 4) is 0 Å². The maximum absolute atomic E-state index is 12.4. The molecule has 1 aliphatic carbocycles. The molecule has 0 radical (unpaired) electrons. The van der Waals surface area contributed by atoms with Gasteiger partial charge in [0.05, 0.1) is 0 Å². The van der Waals surface area contributed by atoms with Crippen molar-refractivity contribution >= 4 is 11.7 Å². The summed E-state index contributed by atoms with van der Waals surface area (Å²) in [6.45, 7) is 6.00. The van der Waals surface area contributed by atoms with Gasteiger partial charge in [0.15, 0.2) is 5.78 Å². The third kappa shape index (κ3) is 3.66. The zero-order valence-electron chi connectivity index (χ0n) is 14.0. The van der Waals surface area contributed by atoms with Crippen LogP contribution in [0.3, 0.4) is 0 Å². The van der Waals surface area contributed by atoms with E-state index in [1.807, 2.05) is 6.92 Å². The molecule has 1 amide bonds. The van der Waals surface area contributed by atoms with Crippen LogP contribution in [0.4, 0.5) is 0 Å². The number of aryl methyl sites for hydroxylation is 1. The van der Waals surface area contributed by atoms with Crippen LogP contribution in [-0.4, -0.2) is 47.8 Å². The van der Waals surface area contributed by atoms with Gasteiger partial charge in [-0.25, -0.2) is 0 Å². The number of ketones is 1. The number of hydrogen-bond donors (Lipinski definition) is 2. The lowest BCUT2D eigenvalue weighted by atomic mass is 9.94. The highest BCUT2D eigenvalue weighted by molar-refractivity contribution is 6.04. The van der Waals surface area contributed by atoms with Crippen LogP contribution < -0.4 is 5.32 Å². The fourth-order valence-corrected chi connectivity index (χ4v) is 3.78. The molecule has 5 heteroatoms. The van der Waals surface area contributed by atoms with E-state index < -0.39 is 0 Å². The summed E-state index contributed by atoms with van der Waals surface area (Å²) in [6, 6.07) is 0. The number of Topliss-reactive ketones (excluding diaryl/α,β-unsaturated/α-hetero) is 1. The van der Waals surface area contributed by atoms with E-state index in [4.69, 9.17) is 0 Å². The molecule has 1 aromatic heterocycles. The number of likely N-dealkylation sites (tertiary alicyclic amines) is 1. The minimum absolute atomic E-state index is 0.0802. The van der Waals surface area contributed by atoms with Crippen LogP contribution in [-0.2, 0) is 6.42 Å². The molecule has 0 saturated carbocycles. The van der Waals surface area contributed by atoms with Gasteiger partial charge in [-0.15, -0.1) is 0 Å². The predicted molar refractivity (Wildman–Crippen MR) is 90.0 cm³/mol. The highest BCUT2D eigenvalue weighted by atomic mass is 16.2. The van der Waals surface area contributed by atoms with E-state index in [0.29, 0.717) is 18.7 Å². The molecule has 0 bridgehead atoms. The zero-order chi connectivity index (χ0) is 16.2. The van der Waals surface area contributed by atoms with Gasteiger partial charge in [-0.2, -0.15) is 0 Å². The monoisotopic (exact) mass is 317 g/mol. The summed E-state index contributed by atoms with van der Waals surface area (Å²) < 4.78 is 0. The number of carbonyl (C=O) groups is 2. The van der Waals surface area contributed by atoms with E-state index in [2.05, 4.69) is 15.2 Å². The van der Waals surface area contributed by atoms with Crippen molar-refractivity contribution in [3.05, 3.63) is 22.5 Å². The van der Waals surface area contributed by atoms with Gasteiger partial charge >= 0.3 is 0 Å². The lowest BCUT2D eigenvalue weighted by molar-refractivity contribution is 0.0945. The fourth-order valence-electron chi connectivity index (χ4n) is 3.78. The smallest absolute Gasteiger partial charge is 0.268 e. The van der Waals surface area contributed by atoms with Gasteiger partial charge in [-0.3, -0.25) is 9.59 Å². The second-order valence-corrected chi connectivity index (χ2v) is 6.77. The van der Waals surface area contributed by atoms with Gasteiger partial charge < -0.3 is 15.2 Å². The first-order valence-corrected chi connectivity index (χ1v) is 8.92. The molecule has 1 aliphatic heterocycles. The molecule has 5 nitrogen and oxygen atoms in total. The first-order valence-electron chi connectivity index (χ1n) is 8.92. The van der Waals surface area contributed by atoms with Crippen LogP contribution in [0.1, 0.15) is 70.6 Å². The number of carbonyl (C=O) groups excluding carboxylic acids is 2. The molecule has 2 N–H and O–H groups in total. The Bertz CT molecular complexity index is 585. The van der Waals surface area contributed by atoms with Crippen molar-refractivity contribution < 1.29 is 9.59 Å². The fraction of sp³-hybridized carbons (Fsp3) is 0.667. The van der Waals surface area contributed by atoms with Crippen molar-refractivity contribution in [3.63, 3.8) is 0 Å². The summed E-state index contributed by atoms with van der Waals surface area (Å²) in [6.07, 6.45) is 7.27. The Kier molecular flexibility index (Phi) is 5.16. The summed E-state index contributed by atoms with van der Waals surface area (Å²) >= 11 is 0. The van der Waals surface area contributed by atoms with E-state index in [0.717, 1.165) is 42.6 Å². The normalized spacial score (nSPS) is 18.7. The summed E-state index contributed by atoms with van der Waals surface area (Å²) in [5.74, 6) is 0.0903. The number of nitrogens with one attached hydrogen (secondary N) is 2. The lowest BCUT2D eigenvalue weighted by Crippen LogP contribution is -2.33. The Labute approximate surface area is 137 Å². The highest BCUT2D eigenvalue weighted by Crippen LogP contribution is 2.26. The predicted octanol–water partition coefficient (Wildman–Crippen LogP) is 2.45. The van der Waals surface area contributed by atoms with E-state index in [9.17, 15) is 9.59 Å². The average Bonchev–Trinajstić information content (AvgIpc) is 2.91. The number of aromatic amines is 1. The van der Waals surface area contributed by atoms with Crippen molar-refractivity contribution in [1.82, 2.24) is 15.2 Å². The third-order valence-corrected chi connectivity index (χ3v) is 5.05. The molecule has 1 aromatic rings. The average molecular weight is 317 g/mol. The maximum Gasteiger partial charge on any atom is 0.268 e. The van der Waals surface area contributed by atoms with Gasteiger partial charge in [-0.1, -0.05) is 6.42 Å². The molecule has 0 unspecified atom stereocenters. The highest BCUT2D eigenvalue weighted by Gasteiger charge is 2.26. The molecule has 2 heterocycles. The molecule has 0 aromatic carbocycles. The van der Waals surface area contributed by atoms with Gasteiger partial charge in [0.25, 0.3) is 5.91 Å². The number of H-pyrrole nitrogens is 1. The molecule has 1 saturated heterocycles. The Balaban J connectivity index is 1.51. The zero-order valence-corrected chi connectivity index (χ0v) is 14.0. The number of aromatic nitrogens is 1. The van der Waals surface area contributed by atoms with Gasteiger partial charge in [0.1, 0.15) is 5.69 Å². The van der Waals surface area contributed by atoms with Crippen LogP contribution in [0, 0.1) is 6.92 Å². The van der Waals surface area contributed by atoms with E-state index in [-0.39, 0.29) is 11.7 Å². The quantitative estimate of drug-likeness (QED) is 0.820. The first kappa shape index (κ1) is 16.2. The van der Waals surface area contributed by atoms with Gasteiger partial charge in [-0.05, 0) is 64.2 Å². The van der Waals surface area contributed by atoms with Gasteiger partial charge in [0.2, 0.25) is 0 Å². The molecular formula is C18H27N3O2. The molecule has 23 heavy (non-hydrogen) atoms. The minimum atomic E-state index is -0.0802. The van der Waals surface area contributed by atoms with Crippen LogP contribution in [0.2, 0.25) is 0 Å². The Morgan fingerprint density at radius 1 is 1.17 bits per heavy atom. The van der Waals surface area contributed by atoms with E-state index in [1.54, 1.807) is 0 Å². The van der Waals surface area contributed by atoms with E-state index in [1.165, 1.54) is 32.4 Å². The summed E-state index contributed by atoms with van der Waals surface area (Å²) in [4.78, 5) is 30.1. The maximum atomic E-state index is 12.4. The van der Waals surface area contributed by atoms with Crippen LogP contribution in [0.5, 0.6) is 0 Å². The standard InChI is InChI=1S/C18H27N3O2/c1-13-16-14(7-5-8-15(16)22)20-17(13)18(23)19-9-6-12-21-10-3-2-4-11-21/h20H,2-12H2,1H3,(H,19,23). The number of nitrogens with zero attached hydrogens (tertiary/aromatic N) is 1. The molecule has 0 atom stereocenters. The van der Waals surface area contributed by atoms with Crippen molar-refractivity contribution in [2.24, 2.45) is 0 Å². The number of rotatable bonds is 5. The number of piperidine rings is 1. The molecular weight excluding hydrogens is 290 g/mol. The van der Waals surface area contributed by atoms with Crippen LogP contribution in [0.25, 0.3) is 0 Å². The second kappa shape index (κ2) is 7.30. The first-order chi connectivity index (χ1) is 11.2. The van der Waals surface area contributed by atoms with Gasteiger partial charge in [0, 0.05) is 24.2 Å². The summed E-state index contributed by atoms with van der Waals surface area (Å²) in [7, 11) is 0. The van der Waals surface area contributed by atoms with E-state index >= 15 is 0 Å². The van der Waals surface area contributed by atoms with Crippen molar-refractivity contribution in [1.29, 1.82) is 0 Å². The SMILES string of the molecule is Cc1c(C(=O)NCCCN2CCCCC2)[nH]c2c1C(=O)CCC2. The van der Waals surface area contributed by atoms with Crippen LogP contribution >= 0.6 is 0 Å². The number of fused-ring (bicyclic) bond motifs is 1. The van der Waals surface area contributed by atoms with Crippen LogP contribution in [0.15, 0.2) is 0 Å². The summed E-state index contributed by atoms with van der Waals surface area (Å²) in [5.41, 5.74) is 3.09. The number of hydrogen-bond acceptors (Lipinski definition) is 3. The molecule has 1 fully saturated rings. The van der Waals surface area contributed by atoms with Crippen molar-refractivity contribution in [2.45, 2.75) is 51.9 Å². The number of amides is 1. The summed E-state index contributed by atoms with van der Waals surface area (Å²) in [5, 5.41) is 3.00. The molecule has 2 aliphatic rings. The topological polar surface area (TPSA) is 65.2 Å². The molecule has 0 spiro atoms. The Morgan fingerprint density at radius 3 is 2.70 bits per heavy atom. The lowest BCUT2D eigenvalue weighted by Gasteiger charge is -2.26. The Morgan fingerprint density at radius 2 is 1.96 bits per heavy atom. The Hall–Kier alpha value is -1.62. The molecule has 126 valence electrons. The largest absolute Gasteiger partial charge is 0.354 e. The minimum Gasteiger partial charge on any atom is -0.354 e.